The lowest BCUT2D eigenvalue weighted by molar-refractivity contribution is -0.148. The van der Waals surface area contributed by atoms with Crippen molar-refractivity contribution in [2.45, 2.75) is 62.1 Å². The van der Waals surface area contributed by atoms with Gasteiger partial charge in [0.2, 0.25) is 17.7 Å². The number of amides is 3. The number of carbonyl (C=O) groups is 3. The summed E-state index contributed by atoms with van der Waals surface area (Å²) in [7, 11) is -4.97. The summed E-state index contributed by atoms with van der Waals surface area (Å²) < 4.78 is 31.7. The average Bonchev–Trinajstić information content (AvgIpc) is 3.64. The summed E-state index contributed by atoms with van der Waals surface area (Å²) in [4.78, 5) is 70.0. The minimum Gasteiger partial charge on any atom is -0.378 e. The van der Waals surface area contributed by atoms with Gasteiger partial charge >= 0.3 is 7.60 Å². The van der Waals surface area contributed by atoms with E-state index in [4.69, 9.17) is 4.74 Å². The highest BCUT2D eigenvalue weighted by atomic mass is 32.1. The van der Waals surface area contributed by atoms with Crippen molar-refractivity contribution >= 4 is 52.6 Å². The second-order valence-corrected chi connectivity index (χ2v) is 15.5. The number of thiophene rings is 1. The predicted octanol–water partition coefficient (Wildman–Crippen LogP) is 3.55. The molecule has 0 unspecified atom stereocenters. The van der Waals surface area contributed by atoms with E-state index >= 15 is 0 Å². The summed E-state index contributed by atoms with van der Waals surface area (Å²) in [5, 5.41) is 3.35. The molecule has 4 fully saturated rings. The number of anilines is 1. The predicted molar refractivity (Wildman–Crippen MR) is 173 cm³/mol. The van der Waals surface area contributed by atoms with Crippen LogP contribution in [0.25, 0.3) is 10.1 Å². The van der Waals surface area contributed by atoms with Gasteiger partial charge in [-0.25, -0.2) is 9.37 Å². The number of halogens is 1. The summed E-state index contributed by atoms with van der Waals surface area (Å²) in [6.45, 7) is 4.12. The topological polar surface area (TPSA) is 153 Å². The summed E-state index contributed by atoms with van der Waals surface area (Å²) in [6, 6.07) is 8.39. The van der Waals surface area contributed by atoms with Crippen LogP contribution in [0.5, 0.6) is 0 Å². The molecule has 1 aromatic carbocycles. The van der Waals surface area contributed by atoms with E-state index in [2.05, 4.69) is 21.3 Å². The minimum atomic E-state index is -4.97. The van der Waals surface area contributed by atoms with Crippen LogP contribution < -0.4 is 10.2 Å². The third kappa shape index (κ3) is 6.41. The van der Waals surface area contributed by atoms with Gasteiger partial charge in [0.05, 0.1) is 18.1 Å². The number of pyridine rings is 1. The molecule has 0 bridgehead atoms. The number of hydrogen-bond acceptors (Lipinski definition) is 8. The van der Waals surface area contributed by atoms with Crippen molar-refractivity contribution in [1.29, 1.82) is 0 Å². The van der Waals surface area contributed by atoms with Crippen molar-refractivity contribution in [2.75, 3.05) is 44.3 Å². The Bertz CT molecular complexity index is 1740. The Hall–Kier alpha value is -3.42. The van der Waals surface area contributed by atoms with Gasteiger partial charge in [-0.1, -0.05) is 6.07 Å². The number of nitrogens with zero attached hydrogens (tertiary/aromatic N) is 4. The number of benzene rings is 1. The molecule has 0 aliphatic carbocycles. The van der Waals surface area contributed by atoms with E-state index < -0.39 is 31.5 Å². The number of morpholine rings is 1. The highest BCUT2D eigenvalue weighted by Gasteiger charge is 2.47. The third-order valence-corrected chi connectivity index (χ3v) is 11.8. The van der Waals surface area contributed by atoms with Crippen molar-refractivity contribution in [3.63, 3.8) is 0 Å². The molecule has 0 radical (unpaired) electrons. The molecule has 2 aromatic heterocycles. The van der Waals surface area contributed by atoms with E-state index in [1.165, 1.54) is 24.3 Å². The van der Waals surface area contributed by atoms with Gasteiger partial charge in [-0.15, -0.1) is 11.3 Å². The van der Waals surface area contributed by atoms with Crippen LogP contribution in [0.15, 0.2) is 42.6 Å². The van der Waals surface area contributed by atoms with Crippen molar-refractivity contribution in [3.8, 4) is 0 Å². The fraction of sp³-hybridized carbons (Fsp3) is 0.500. The third-order valence-electron chi connectivity index (χ3n) is 9.78. The van der Waals surface area contributed by atoms with Crippen molar-refractivity contribution < 1.29 is 37.9 Å². The molecule has 3 N–H and O–H groups in total. The summed E-state index contributed by atoms with van der Waals surface area (Å²) in [5.74, 6) is -2.08. The molecule has 4 aliphatic heterocycles. The lowest BCUT2D eigenvalue weighted by atomic mass is 9.91. The number of likely N-dealkylation sites (tertiary alicyclic amines) is 1. The quantitative estimate of drug-likeness (QED) is 0.317. The Morgan fingerprint density at radius 3 is 2.62 bits per heavy atom. The number of aromatic nitrogens is 1. The van der Waals surface area contributed by atoms with Gasteiger partial charge in [-0.3, -0.25) is 18.9 Å². The maximum atomic E-state index is 14.3. The number of fused-ring (bicyclic) bond motifs is 2. The molecule has 15 heteroatoms. The number of rotatable bonds is 7. The minimum absolute atomic E-state index is 0.0443. The SMILES string of the molecule is O=C(N[C@H]1CCC[C@H]2CC[C@@H](C(=O)N3CC(c4ccnc(N5CCOCC5)c4)C3)N2C1=O)c1cc2cc([C@@H](F)P(=O)(O)O)ccc2s1. The summed E-state index contributed by atoms with van der Waals surface area (Å²) in [5.41, 5.74) is 0.976. The van der Waals surface area contributed by atoms with Crippen LogP contribution in [0.2, 0.25) is 0 Å². The lowest BCUT2D eigenvalue weighted by Crippen LogP contribution is -2.58. The molecule has 0 saturated carbocycles. The van der Waals surface area contributed by atoms with Crippen molar-refractivity contribution in [3.05, 3.63) is 58.6 Å². The normalized spacial score (nSPS) is 24.5. The van der Waals surface area contributed by atoms with E-state index in [0.29, 0.717) is 54.1 Å². The zero-order valence-corrected chi connectivity index (χ0v) is 27.4. The smallest absolute Gasteiger partial charge is 0.363 e. The number of carbonyl (C=O) groups excluding carboxylic acids is 3. The van der Waals surface area contributed by atoms with Gasteiger partial charge in [-0.05, 0) is 78.9 Å². The van der Waals surface area contributed by atoms with Crippen LogP contribution >= 0.6 is 18.9 Å². The van der Waals surface area contributed by atoms with Crippen LogP contribution in [0.1, 0.15) is 64.7 Å². The highest BCUT2D eigenvalue weighted by molar-refractivity contribution is 7.51. The van der Waals surface area contributed by atoms with Crippen LogP contribution in [0.4, 0.5) is 10.2 Å². The molecule has 3 amide bonds. The molecule has 4 saturated heterocycles. The lowest BCUT2D eigenvalue weighted by Gasteiger charge is -2.43. The van der Waals surface area contributed by atoms with Crippen molar-refractivity contribution in [1.82, 2.24) is 20.1 Å². The Morgan fingerprint density at radius 1 is 1.06 bits per heavy atom. The van der Waals surface area contributed by atoms with Crippen LogP contribution in [-0.2, 0) is 18.9 Å². The van der Waals surface area contributed by atoms with E-state index in [9.17, 15) is 33.1 Å². The molecule has 4 aliphatic rings. The first-order chi connectivity index (χ1) is 22.6. The van der Waals surface area contributed by atoms with Gasteiger partial charge < -0.3 is 34.5 Å². The van der Waals surface area contributed by atoms with Crippen LogP contribution in [0, 0.1) is 0 Å². The fourth-order valence-electron chi connectivity index (χ4n) is 7.22. The molecular formula is C32H37FN5O7PS. The van der Waals surface area contributed by atoms with Gasteiger partial charge in [-0.2, -0.15) is 0 Å². The zero-order valence-electron chi connectivity index (χ0n) is 25.7. The van der Waals surface area contributed by atoms with Crippen molar-refractivity contribution in [2.24, 2.45) is 0 Å². The second kappa shape index (κ2) is 12.9. The highest BCUT2D eigenvalue weighted by Crippen LogP contribution is 2.53. The Kier molecular flexibility index (Phi) is 8.81. The van der Waals surface area contributed by atoms with Crippen LogP contribution in [0.3, 0.4) is 0 Å². The standard InChI is InChI=1S/C32H37FN5O7PS/c33-29(46(42,43)44)20-4-7-26-21(14-20)15-27(47-26)30(39)35-24-3-1-2-23-5-6-25(38(23)31(24)40)32(41)37-17-22(18-37)19-8-9-34-28(16-19)36-10-12-45-13-11-36/h4,7-9,14-16,22-25,29H,1-3,5-6,10-13,17-18H2,(H,35,39)(H2,42,43,44)/t23-,24-,25-,29-/m0/s1. The molecule has 4 atom stereocenters. The number of nitrogens with one attached hydrogen (secondary N) is 1. The number of alkyl halides is 1. The van der Waals surface area contributed by atoms with E-state index in [-0.39, 0.29) is 29.3 Å². The maximum Gasteiger partial charge on any atom is 0.363 e. The summed E-state index contributed by atoms with van der Waals surface area (Å²) >= 11 is 1.15. The molecule has 12 nitrogen and oxygen atoms in total. The molecule has 6 heterocycles. The van der Waals surface area contributed by atoms with Crippen LogP contribution in [-0.4, -0.2) is 99.8 Å². The molecule has 0 spiro atoms. The fourth-order valence-corrected chi connectivity index (χ4v) is 8.71. The van der Waals surface area contributed by atoms with E-state index in [1.807, 2.05) is 17.2 Å². The second-order valence-electron chi connectivity index (χ2n) is 12.8. The average molecular weight is 686 g/mol. The Morgan fingerprint density at radius 2 is 1.85 bits per heavy atom. The monoisotopic (exact) mass is 685 g/mol. The number of hydrogen-bond donors (Lipinski definition) is 3. The maximum absolute atomic E-state index is 14.3. The molecular weight excluding hydrogens is 648 g/mol. The molecule has 250 valence electrons. The zero-order chi connectivity index (χ0) is 32.9. The van der Waals surface area contributed by atoms with Gasteiger partial charge in [0.1, 0.15) is 17.9 Å². The Labute approximate surface area is 275 Å². The van der Waals surface area contributed by atoms with E-state index in [1.54, 1.807) is 4.90 Å². The first kappa shape index (κ1) is 32.1. The summed E-state index contributed by atoms with van der Waals surface area (Å²) in [6.07, 6.45) is 5.11. The first-order valence-corrected chi connectivity index (χ1v) is 18.5. The van der Waals surface area contributed by atoms with Gasteiger partial charge in [0, 0.05) is 49.0 Å². The Balaban J connectivity index is 0.999. The number of ether oxygens (including phenoxy) is 1. The molecule has 3 aromatic rings. The molecule has 7 rings (SSSR count). The first-order valence-electron chi connectivity index (χ1n) is 16.0. The van der Waals surface area contributed by atoms with E-state index in [0.717, 1.165) is 55.1 Å². The molecule has 47 heavy (non-hydrogen) atoms. The largest absolute Gasteiger partial charge is 0.378 e. The van der Waals surface area contributed by atoms with Gasteiger partial charge in [0.25, 0.3) is 5.91 Å². The van der Waals surface area contributed by atoms with Gasteiger partial charge in [0.15, 0.2) is 0 Å².